The Morgan fingerprint density at radius 3 is 2.77 bits per heavy atom. The SMILES string of the molecule is C[C@]1(O)CC[C@@H](SCc2nc3cc(OCC4CCOCC4)cc(F)c3c(=O)[nH]2)CC1. The summed E-state index contributed by atoms with van der Waals surface area (Å²) < 4.78 is 25.7. The number of aliphatic hydroxyl groups is 1. The molecule has 1 aliphatic carbocycles. The van der Waals surface area contributed by atoms with Crippen LogP contribution in [-0.4, -0.2) is 45.7 Å². The van der Waals surface area contributed by atoms with Gasteiger partial charge in [-0.15, -0.1) is 0 Å². The first kappa shape index (κ1) is 21.6. The molecule has 2 N–H and O–H groups in total. The number of aromatic amines is 1. The van der Waals surface area contributed by atoms with Crippen LogP contribution in [0.4, 0.5) is 4.39 Å². The van der Waals surface area contributed by atoms with Gasteiger partial charge in [0.05, 0.1) is 23.5 Å². The Morgan fingerprint density at radius 1 is 1.30 bits per heavy atom. The highest BCUT2D eigenvalue weighted by Gasteiger charge is 2.28. The molecule has 2 heterocycles. The lowest BCUT2D eigenvalue weighted by Gasteiger charge is -2.32. The van der Waals surface area contributed by atoms with Crippen molar-refractivity contribution in [2.45, 2.75) is 62.1 Å². The van der Waals surface area contributed by atoms with Crippen LogP contribution in [0.25, 0.3) is 10.9 Å². The normalized spacial score (nSPS) is 25.5. The van der Waals surface area contributed by atoms with Gasteiger partial charge < -0.3 is 19.6 Å². The highest BCUT2D eigenvalue weighted by Crippen LogP contribution is 2.35. The van der Waals surface area contributed by atoms with Crippen molar-refractivity contribution < 1.29 is 19.0 Å². The second kappa shape index (κ2) is 9.24. The molecule has 164 valence electrons. The van der Waals surface area contributed by atoms with Gasteiger partial charge in [0.2, 0.25) is 0 Å². The van der Waals surface area contributed by atoms with Crippen molar-refractivity contribution in [1.29, 1.82) is 0 Å². The second-order valence-corrected chi connectivity index (χ2v) is 9.97. The van der Waals surface area contributed by atoms with Crippen LogP contribution in [0.15, 0.2) is 16.9 Å². The molecule has 1 aromatic carbocycles. The Bertz CT molecular complexity index is 933. The first-order valence-corrected chi connectivity index (χ1v) is 11.7. The van der Waals surface area contributed by atoms with E-state index in [0.717, 1.165) is 51.7 Å². The van der Waals surface area contributed by atoms with Crippen molar-refractivity contribution in [1.82, 2.24) is 9.97 Å². The van der Waals surface area contributed by atoms with Gasteiger partial charge in [-0.1, -0.05) is 0 Å². The number of H-pyrrole nitrogens is 1. The van der Waals surface area contributed by atoms with Gasteiger partial charge in [-0.3, -0.25) is 4.79 Å². The number of hydrogen-bond donors (Lipinski definition) is 2. The van der Waals surface area contributed by atoms with E-state index in [1.54, 1.807) is 17.8 Å². The molecule has 0 bridgehead atoms. The van der Waals surface area contributed by atoms with E-state index >= 15 is 0 Å². The molecule has 1 saturated carbocycles. The number of fused-ring (bicyclic) bond motifs is 1. The van der Waals surface area contributed by atoms with E-state index in [0.29, 0.717) is 40.6 Å². The summed E-state index contributed by atoms with van der Waals surface area (Å²) in [5, 5.41) is 10.5. The summed E-state index contributed by atoms with van der Waals surface area (Å²) in [6, 6.07) is 2.92. The standard InChI is InChI=1S/C22H29FN2O4S/c1-22(27)6-2-16(3-7-22)30-13-19-24-18-11-15(10-17(23)20(18)21(26)25-19)29-12-14-4-8-28-9-5-14/h10-11,14,16,27H,2-9,12-13H2,1H3,(H,24,25,26)/t16-,22+. The van der Waals surface area contributed by atoms with E-state index in [2.05, 4.69) is 9.97 Å². The number of nitrogens with zero attached hydrogens (tertiary/aromatic N) is 1. The molecule has 1 aliphatic heterocycles. The van der Waals surface area contributed by atoms with E-state index in [4.69, 9.17) is 9.47 Å². The minimum absolute atomic E-state index is 0.0316. The molecule has 30 heavy (non-hydrogen) atoms. The lowest BCUT2D eigenvalue weighted by Crippen LogP contribution is -2.31. The molecule has 2 aliphatic rings. The first-order chi connectivity index (χ1) is 14.4. The monoisotopic (exact) mass is 436 g/mol. The summed E-state index contributed by atoms with van der Waals surface area (Å²) in [7, 11) is 0. The highest BCUT2D eigenvalue weighted by molar-refractivity contribution is 7.99. The third-order valence-corrected chi connectivity index (χ3v) is 7.46. The van der Waals surface area contributed by atoms with Gasteiger partial charge in [0.15, 0.2) is 0 Å². The van der Waals surface area contributed by atoms with E-state index in [-0.39, 0.29) is 5.39 Å². The van der Waals surface area contributed by atoms with E-state index in [1.807, 2.05) is 6.92 Å². The molecule has 2 aromatic rings. The van der Waals surface area contributed by atoms with Crippen LogP contribution in [-0.2, 0) is 10.5 Å². The van der Waals surface area contributed by atoms with Gasteiger partial charge >= 0.3 is 0 Å². The van der Waals surface area contributed by atoms with Crippen molar-refractivity contribution in [3.8, 4) is 5.75 Å². The Balaban J connectivity index is 1.45. The predicted molar refractivity (Wildman–Crippen MR) is 116 cm³/mol. The third-order valence-electron chi connectivity index (χ3n) is 6.08. The molecular formula is C22H29FN2O4S. The molecule has 0 atom stereocenters. The molecule has 0 amide bonds. The van der Waals surface area contributed by atoms with Gasteiger partial charge in [-0.25, -0.2) is 9.37 Å². The predicted octanol–water partition coefficient (Wildman–Crippen LogP) is 3.79. The maximum absolute atomic E-state index is 14.6. The van der Waals surface area contributed by atoms with Crippen LogP contribution in [0.5, 0.6) is 5.75 Å². The van der Waals surface area contributed by atoms with Gasteiger partial charge in [-0.2, -0.15) is 11.8 Å². The van der Waals surface area contributed by atoms with Crippen molar-refractivity contribution in [3.05, 3.63) is 34.1 Å². The van der Waals surface area contributed by atoms with Crippen LogP contribution < -0.4 is 10.3 Å². The molecule has 0 unspecified atom stereocenters. The van der Waals surface area contributed by atoms with Crippen molar-refractivity contribution in [2.75, 3.05) is 19.8 Å². The average molecular weight is 437 g/mol. The number of ether oxygens (including phenoxy) is 2. The molecule has 0 radical (unpaired) electrons. The molecular weight excluding hydrogens is 407 g/mol. The fourth-order valence-corrected chi connectivity index (χ4v) is 5.20. The smallest absolute Gasteiger partial charge is 0.261 e. The zero-order chi connectivity index (χ0) is 21.1. The molecule has 2 fully saturated rings. The van der Waals surface area contributed by atoms with Gasteiger partial charge in [0.25, 0.3) is 5.56 Å². The van der Waals surface area contributed by atoms with Gasteiger partial charge in [0.1, 0.15) is 22.8 Å². The molecule has 0 spiro atoms. The van der Waals surface area contributed by atoms with Crippen molar-refractivity contribution in [3.63, 3.8) is 0 Å². The van der Waals surface area contributed by atoms with E-state index < -0.39 is 17.0 Å². The molecule has 1 aromatic heterocycles. The Morgan fingerprint density at radius 2 is 2.03 bits per heavy atom. The Kier molecular flexibility index (Phi) is 6.65. The fraction of sp³-hybridized carbons (Fsp3) is 0.636. The number of hydrogen-bond acceptors (Lipinski definition) is 6. The van der Waals surface area contributed by atoms with Gasteiger partial charge in [0, 0.05) is 30.6 Å². The topological polar surface area (TPSA) is 84.4 Å². The van der Waals surface area contributed by atoms with Crippen LogP contribution in [0, 0.1) is 11.7 Å². The number of halogens is 1. The van der Waals surface area contributed by atoms with Crippen LogP contribution in [0.2, 0.25) is 0 Å². The fourth-order valence-electron chi connectivity index (χ4n) is 4.10. The highest BCUT2D eigenvalue weighted by atomic mass is 32.2. The van der Waals surface area contributed by atoms with Crippen LogP contribution >= 0.6 is 11.8 Å². The van der Waals surface area contributed by atoms with Crippen LogP contribution in [0.3, 0.4) is 0 Å². The zero-order valence-corrected chi connectivity index (χ0v) is 18.1. The van der Waals surface area contributed by atoms with Gasteiger partial charge in [-0.05, 0) is 51.4 Å². The Labute approximate surface area is 179 Å². The second-order valence-electron chi connectivity index (χ2n) is 8.69. The first-order valence-electron chi connectivity index (χ1n) is 10.7. The van der Waals surface area contributed by atoms with Crippen molar-refractivity contribution >= 4 is 22.7 Å². The third kappa shape index (κ3) is 5.34. The summed E-state index contributed by atoms with van der Waals surface area (Å²) in [4.78, 5) is 19.7. The number of benzene rings is 1. The maximum Gasteiger partial charge on any atom is 0.261 e. The number of rotatable bonds is 6. The summed E-state index contributed by atoms with van der Waals surface area (Å²) in [5.41, 5.74) is -0.705. The lowest BCUT2D eigenvalue weighted by molar-refractivity contribution is 0.0240. The Hall–Kier alpha value is -1.64. The molecule has 1 saturated heterocycles. The quantitative estimate of drug-likeness (QED) is 0.717. The molecule has 4 rings (SSSR count). The van der Waals surface area contributed by atoms with Crippen LogP contribution in [0.1, 0.15) is 51.3 Å². The minimum atomic E-state index is -0.614. The summed E-state index contributed by atoms with van der Waals surface area (Å²) in [5.74, 6) is 1.27. The lowest BCUT2D eigenvalue weighted by atomic mass is 9.86. The number of thioether (sulfide) groups is 1. The molecule has 6 nitrogen and oxygen atoms in total. The summed E-state index contributed by atoms with van der Waals surface area (Å²) in [6.45, 7) is 3.85. The molecule has 8 heteroatoms. The summed E-state index contributed by atoms with van der Waals surface area (Å²) >= 11 is 1.73. The number of aromatic nitrogens is 2. The van der Waals surface area contributed by atoms with Crippen molar-refractivity contribution in [2.24, 2.45) is 5.92 Å². The summed E-state index contributed by atoms with van der Waals surface area (Å²) in [6.07, 6.45) is 5.32. The van der Waals surface area contributed by atoms with E-state index in [9.17, 15) is 14.3 Å². The van der Waals surface area contributed by atoms with E-state index in [1.165, 1.54) is 6.07 Å². The number of nitrogens with one attached hydrogen (secondary N) is 1. The largest absolute Gasteiger partial charge is 0.493 e. The minimum Gasteiger partial charge on any atom is -0.493 e. The maximum atomic E-state index is 14.6. The average Bonchev–Trinajstić information content (AvgIpc) is 2.72. The zero-order valence-electron chi connectivity index (χ0n) is 17.3.